The molecule has 0 aliphatic carbocycles. The molecule has 0 amide bonds. The smallest absolute Gasteiger partial charge is 0.136 e. The number of anilines is 1. The first-order valence-corrected chi connectivity index (χ1v) is 9.02. The summed E-state index contributed by atoms with van der Waals surface area (Å²) < 4.78 is 16.3. The van der Waals surface area contributed by atoms with Crippen LogP contribution in [0.1, 0.15) is 11.1 Å². The van der Waals surface area contributed by atoms with Crippen LogP contribution in [-0.2, 0) is 6.42 Å². The zero-order chi connectivity index (χ0) is 17.4. The predicted octanol–water partition coefficient (Wildman–Crippen LogP) is 6.35. The molecule has 132 valence electrons. The Bertz CT molecular complexity index is 1060. The van der Waals surface area contributed by atoms with E-state index in [2.05, 4.69) is 4.98 Å². The van der Waals surface area contributed by atoms with Crippen molar-refractivity contribution in [2.45, 2.75) is 6.42 Å². The van der Waals surface area contributed by atoms with E-state index in [1.807, 2.05) is 42.5 Å². The molecule has 0 saturated heterocycles. The lowest BCUT2D eigenvalue weighted by atomic mass is 9.97. The van der Waals surface area contributed by atoms with Crippen molar-refractivity contribution in [3.8, 4) is 11.1 Å². The van der Waals surface area contributed by atoms with E-state index in [0.29, 0.717) is 33.8 Å². The number of aromatic nitrogens is 1. The van der Waals surface area contributed by atoms with Gasteiger partial charge >= 0.3 is 0 Å². The number of fused-ring (bicyclic) bond motifs is 1. The second-order valence-electron chi connectivity index (χ2n) is 5.85. The number of hydrogen-bond acceptors (Lipinski definition) is 3. The van der Waals surface area contributed by atoms with E-state index in [0.717, 1.165) is 15.8 Å². The van der Waals surface area contributed by atoms with E-state index in [1.165, 1.54) is 11.3 Å². The van der Waals surface area contributed by atoms with Gasteiger partial charge in [0.2, 0.25) is 0 Å². The van der Waals surface area contributed by atoms with E-state index in [1.54, 1.807) is 17.6 Å². The van der Waals surface area contributed by atoms with Crippen molar-refractivity contribution in [2.75, 3.05) is 5.73 Å². The summed E-state index contributed by atoms with van der Waals surface area (Å²) in [4.78, 5) is 4.36. The summed E-state index contributed by atoms with van der Waals surface area (Å²) in [7, 11) is 0. The van der Waals surface area contributed by atoms with Crippen LogP contribution in [-0.4, -0.2) is 4.98 Å². The highest BCUT2D eigenvalue weighted by atomic mass is 35.5. The van der Waals surface area contributed by atoms with E-state index < -0.39 is 0 Å². The normalized spacial score (nSPS) is 10.7. The summed E-state index contributed by atoms with van der Waals surface area (Å²) in [6.07, 6.45) is 0.494. The lowest BCUT2D eigenvalue weighted by Gasteiger charge is -2.11. The molecular formula is C20H15Cl2FN2S. The van der Waals surface area contributed by atoms with Crippen LogP contribution in [0.25, 0.3) is 21.3 Å². The third kappa shape index (κ3) is 3.54. The third-order valence-electron chi connectivity index (χ3n) is 4.13. The molecule has 0 spiro atoms. The molecular weight excluding hydrogens is 390 g/mol. The van der Waals surface area contributed by atoms with Gasteiger partial charge in [-0.2, -0.15) is 0 Å². The fourth-order valence-corrected chi connectivity index (χ4v) is 3.86. The monoisotopic (exact) mass is 404 g/mol. The van der Waals surface area contributed by atoms with Crippen LogP contribution >= 0.6 is 35.3 Å². The van der Waals surface area contributed by atoms with Crippen LogP contribution in [0.15, 0.2) is 60.1 Å². The number of thiazole rings is 1. The predicted molar refractivity (Wildman–Crippen MR) is 111 cm³/mol. The topological polar surface area (TPSA) is 38.9 Å². The van der Waals surface area contributed by atoms with Crippen LogP contribution in [0.5, 0.6) is 0 Å². The molecule has 0 atom stereocenters. The number of nitrogens with two attached hydrogens (primary N) is 1. The maximum Gasteiger partial charge on any atom is 0.136 e. The molecule has 26 heavy (non-hydrogen) atoms. The lowest BCUT2D eigenvalue weighted by Crippen LogP contribution is -1.97. The van der Waals surface area contributed by atoms with Crippen LogP contribution in [0.2, 0.25) is 5.02 Å². The van der Waals surface area contributed by atoms with Crippen LogP contribution in [0.4, 0.5) is 10.1 Å². The molecule has 3 aromatic carbocycles. The van der Waals surface area contributed by atoms with Gasteiger partial charge in [-0.3, -0.25) is 0 Å². The van der Waals surface area contributed by atoms with Gasteiger partial charge in [-0.25, -0.2) is 9.37 Å². The van der Waals surface area contributed by atoms with Gasteiger partial charge in [0.25, 0.3) is 0 Å². The molecule has 0 aliphatic heterocycles. The molecule has 4 rings (SSSR count). The first-order valence-electron chi connectivity index (χ1n) is 7.77. The fraction of sp³-hybridized carbons (Fsp3) is 0.0500. The first-order chi connectivity index (χ1) is 12.1. The number of nitrogen functional groups attached to an aromatic ring is 1. The standard InChI is InChI=1S/C20H14ClFN2S.ClH/c21-15-3-1-2-13(9-15)18-19(22)14(10-17-20(18)24-11-25-17)8-12-4-6-16(23)7-5-12;/h1-7,9-11H,8,23H2;1H. The molecule has 4 aromatic rings. The molecule has 1 aromatic heterocycles. The van der Waals surface area contributed by atoms with Crippen molar-refractivity contribution in [2.24, 2.45) is 0 Å². The Balaban J connectivity index is 0.00000196. The summed E-state index contributed by atoms with van der Waals surface area (Å²) in [5.74, 6) is -0.252. The molecule has 2 nitrogen and oxygen atoms in total. The zero-order valence-corrected chi connectivity index (χ0v) is 16.0. The Morgan fingerprint density at radius 3 is 2.58 bits per heavy atom. The number of benzene rings is 3. The maximum absolute atomic E-state index is 15.4. The van der Waals surface area contributed by atoms with Crippen LogP contribution in [0, 0.1) is 5.82 Å². The van der Waals surface area contributed by atoms with Gasteiger partial charge in [-0.1, -0.05) is 35.9 Å². The van der Waals surface area contributed by atoms with Gasteiger partial charge in [0.15, 0.2) is 0 Å². The summed E-state index contributed by atoms with van der Waals surface area (Å²) >= 11 is 7.61. The molecule has 6 heteroatoms. The highest BCUT2D eigenvalue weighted by Gasteiger charge is 2.17. The fourth-order valence-electron chi connectivity index (χ4n) is 2.92. The Hall–Kier alpha value is -2.14. The van der Waals surface area contributed by atoms with Gasteiger partial charge in [0.05, 0.1) is 15.7 Å². The first kappa shape index (κ1) is 18.6. The Labute approximate surface area is 165 Å². The number of rotatable bonds is 3. The molecule has 2 N–H and O–H groups in total. The van der Waals surface area contributed by atoms with E-state index in [4.69, 9.17) is 17.3 Å². The van der Waals surface area contributed by atoms with Crippen molar-refractivity contribution >= 4 is 51.2 Å². The third-order valence-corrected chi connectivity index (χ3v) is 5.14. The molecule has 0 bridgehead atoms. The summed E-state index contributed by atoms with van der Waals surface area (Å²) in [6, 6.07) is 16.6. The van der Waals surface area contributed by atoms with Crippen molar-refractivity contribution in [1.29, 1.82) is 0 Å². The minimum Gasteiger partial charge on any atom is -0.399 e. The highest BCUT2D eigenvalue weighted by molar-refractivity contribution is 7.16. The largest absolute Gasteiger partial charge is 0.399 e. The SMILES string of the molecule is Cl.Nc1ccc(Cc2cc3scnc3c(-c3cccc(Cl)c3)c2F)cc1. The van der Waals surface area contributed by atoms with Crippen molar-refractivity contribution in [1.82, 2.24) is 4.98 Å². The lowest BCUT2D eigenvalue weighted by molar-refractivity contribution is 0.619. The highest BCUT2D eigenvalue weighted by Crippen LogP contribution is 2.36. The molecule has 0 fully saturated rings. The quantitative estimate of drug-likeness (QED) is 0.404. The average Bonchev–Trinajstić information content (AvgIpc) is 3.05. The van der Waals surface area contributed by atoms with Crippen molar-refractivity contribution < 1.29 is 4.39 Å². The minimum atomic E-state index is -0.252. The summed E-state index contributed by atoms with van der Waals surface area (Å²) in [6.45, 7) is 0. The average molecular weight is 405 g/mol. The second-order valence-corrected chi connectivity index (χ2v) is 7.18. The van der Waals surface area contributed by atoms with E-state index in [9.17, 15) is 0 Å². The molecule has 0 unspecified atom stereocenters. The van der Waals surface area contributed by atoms with Gasteiger partial charge in [0.1, 0.15) is 5.82 Å². The summed E-state index contributed by atoms with van der Waals surface area (Å²) in [5.41, 5.74) is 11.7. The van der Waals surface area contributed by atoms with Crippen LogP contribution < -0.4 is 5.73 Å². The minimum absolute atomic E-state index is 0. The van der Waals surface area contributed by atoms with Gasteiger partial charge in [0, 0.05) is 22.7 Å². The molecule has 0 saturated carbocycles. The van der Waals surface area contributed by atoms with E-state index >= 15 is 4.39 Å². The molecule has 1 heterocycles. The molecule has 0 aliphatic rings. The number of halogens is 3. The Morgan fingerprint density at radius 2 is 1.85 bits per heavy atom. The van der Waals surface area contributed by atoms with E-state index in [-0.39, 0.29) is 18.2 Å². The maximum atomic E-state index is 15.4. The summed E-state index contributed by atoms with van der Waals surface area (Å²) in [5, 5.41) is 0.573. The number of nitrogens with zero attached hydrogens (tertiary/aromatic N) is 1. The van der Waals surface area contributed by atoms with Crippen molar-refractivity contribution in [3.63, 3.8) is 0 Å². The number of hydrogen-bond donors (Lipinski definition) is 1. The zero-order valence-electron chi connectivity index (χ0n) is 13.6. The molecule has 0 radical (unpaired) electrons. The van der Waals surface area contributed by atoms with Gasteiger partial charge in [-0.05, 0) is 47.0 Å². The van der Waals surface area contributed by atoms with Gasteiger partial charge in [-0.15, -0.1) is 23.7 Å². The van der Waals surface area contributed by atoms with Gasteiger partial charge < -0.3 is 5.73 Å². The Morgan fingerprint density at radius 1 is 1.08 bits per heavy atom. The Kier molecular flexibility index (Phi) is 5.47. The van der Waals surface area contributed by atoms with Crippen LogP contribution in [0.3, 0.4) is 0 Å². The van der Waals surface area contributed by atoms with Crippen molar-refractivity contribution in [3.05, 3.63) is 82.1 Å². The second kappa shape index (κ2) is 7.62.